The number of nitrogens with zero attached hydrogens (tertiary/aromatic N) is 1. The predicted molar refractivity (Wildman–Crippen MR) is 89.4 cm³/mol. The molecule has 1 atom stereocenters. The van der Waals surface area contributed by atoms with E-state index in [1.54, 1.807) is 17.6 Å². The van der Waals surface area contributed by atoms with E-state index in [1.807, 2.05) is 23.1 Å². The molecule has 3 heterocycles. The van der Waals surface area contributed by atoms with Crippen molar-refractivity contribution in [3.05, 3.63) is 46.5 Å². The molecule has 1 saturated heterocycles. The third kappa shape index (κ3) is 4.36. The zero-order valence-electron chi connectivity index (χ0n) is 13.1. The Balaban J connectivity index is 1.34. The standard InChI is InChI=1S/C17H22N2O3S/c20-17(18-8-4-10-21-13-14-5-2-11-22-14)19-9-1-6-15(19)16-7-3-12-23-16/h2-3,5,7,11-12,15H,1,4,6,8-10,13H2,(H,18,20)/t15-/m1/s1. The summed E-state index contributed by atoms with van der Waals surface area (Å²) >= 11 is 1.72. The fraction of sp³-hybridized carbons (Fsp3) is 0.471. The van der Waals surface area contributed by atoms with Crippen molar-refractivity contribution in [1.82, 2.24) is 10.2 Å². The zero-order chi connectivity index (χ0) is 15.9. The monoisotopic (exact) mass is 334 g/mol. The molecule has 3 rings (SSSR count). The molecule has 124 valence electrons. The van der Waals surface area contributed by atoms with Crippen LogP contribution in [-0.4, -0.2) is 30.6 Å². The molecular weight excluding hydrogens is 312 g/mol. The fourth-order valence-electron chi connectivity index (χ4n) is 2.83. The van der Waals surface area contributed by atoms with Crippen molar-refractivity contribution in [1.29, 1.82) is 0 Å². The first-order valence-corrected chi connectivity index (χ1v) is 8.90. The van der Waals surface area contributed by atoms with Gasteiger partial charge in [-0.3, -0.25) is 0 Å². The lowest BCUT2D eigenvalue weighted by Crippen LogP contribution is -2.39. The van der Waals surface area contributed by atoms with Gasteiger partial charge in [0, 0.05) is 24.6 Å². The fourth-order valence-corrected chi connectivity index (χ4v) is 3.70. The number of hydrogen-bond donors (Lipinski definition) is 1. The van der Waals surface area contributed by atoms with Crippen LogP contribution in [0, 0.1) is 0 Å². The van der Waals surface area contributed by atoms with Gasteiger partial charge in [0.2, 0.25) is 0 Å². The lowest BCUT2D eigenvalue weighted by atomic mass is 10.2. The third-order valence-corrected chi connectivity index (χ3v) is 4.92. The Kier molecular flexibility index (Phi) is 5.71. The summed E-state index contributed by atoms with van der Waals surface area (Å²) < 4.78 is 10.7. The van der Waals surface area contributed by atoms with Crippen LogP contribution >= 0.6 is 11.3 Å². The summed E-state index contributed by atoms with van der Waals surface area (Å²) in [7, 11) is 0. The summed E-state index contributed by atoms with van der Waals surface area (Å²) in [6.07, 6.45) is 4.56. The van der Waals surface area contributed by atoms with Gasteiger partial charge in [-0.25, -0.2) is 4.79 Å². The Morgan fingerprint density at radius 3 is 3.17 bits per heavy atom. The van der Waals surface area contributed by atoms with Gasteiger partial charge in [0.25, 0.3) is 0 Å². The van der Waals surface area contributed by atoms with Crippen LogP contribution in [0.1, 0.15) is 35.9 Å². The number of thiophene rings is 1. The summed E-state index contributed by atoms with van der Waals surface area (Å²) in [5.74, 6) is 0.824. The number of amides is 2. The molecule has 6 heteroatoms. The van der Waals surface area contributed by atoms with Crippen molar-refractivity contribution < 1.29 is 13.9 Å². The minimum atomic E-state index is 0.0342. The topological polar surface area (TPSA) is 54.7 Å². The van der Waals surface area contributed by atoms with Crippen molar-refractivity contribution in [2.75, 3.05) is 19.7 Å². The lowest BCUT2D eigenvalue weighted by Gasteiger charge is -2.24. The molecule has 2 aromatic rings. The smallest absolute Gasteiger partial charge is 0.317 e. The molecule has 5 nitrogen and oxygen atoms in total. The van der Waals surface area contributed by atoms with Crippen LogP contribution in [0.5, 0.6) is 0 Å². The van der Waals surface area contributed by atoms with E-state index in [0.29, 0.717) is 19.8 Å². The van der Waals surface area contributed by atoms with E-state index in [-0.39, 0.29) is 12.1 Å². The largest absolute Gasteiger partial charge is 0.467 e. The highest BCUT2D eigenvalue weighted by Crippen LogP contribution is 2.34. The first-order valence-electron chi connectivity index (χ1n) is 8.02. The van der Waals surface area contributed by atoms with Crippen LogP contribution in [0.15, 0.2) is 40.3 Å². The maximum Gasteiger partial charge on any atom is 0.317 e. The van der Waals surface area contributed by atoms with Crippen LogP contribution in [0.2, 0.25) is 0 Å². The average molecular weight is 334 g/mol. The third-order valence-electron chi connectivity index (χ3n) is 3.95. The Labute approximate surface area is 140 Å². The Hall–Kier alpha value is -1.79. The second-order valence-electron chi connectivity index (χ2n) is 5.58. The van der Waals surface area contributed by atoms with E-state index in [2.05, 4.69) is 16.8 Å². The van der Waals surface area contributed by atoms with Gasteiger partial charge in [-0.05, 0) is 42.8 Å². The number of rotatable bonds is 7. The van der Waals surface area contributed by atoms with Gasteiger partial charge < -0.3 is 19.4 Å². The highest BCUT2D eigenvalue weighted by molar-refractivity contribution is 7.10. The minimum Gasteiger partial charge on any atom is -0.467 e. The van der Waals surface area contributed by atoms with Crippen LogP contribution in [0.3, 0.4) is 0 Å². The van der Waals surface area contributed by atoms with Gasteiger partial charge >= 0.3 is 6.03 Å². The molecule has 23 heavy (non-hydrogen) atoms. The molecule has 1 fully saturated rings. The molecule has 1 N–H and O–H groups in total. The Morgan fingerprint density at radius 1 is 1.43 bits per heavy atom. The van der Waals surface area contributed by atoms with E-state index in [4.69, 9.17) is 9.15 Å². The SMILES string of the molecule is O=C(NCCCOCc1ccco1)N1CCC[C@@H]1c1cccs1. The van der Waals surface area contributed by atoms with Crippen LogP contribution < -0.4 is 5.32 Å². The summed E-state index contributed by atoms with van der Waals surface area (Å²) in [5.41, 5.74) is 0. The first-order chi connectivity index (χ1) is 11.3. The number of carbonyl (C=O) groups is 1. The van der Waals surface area contributed by atoms with Gasteiger partial charge in [-0.15, -0.1) is 11.3 Å². The predicted octanol–water partition coefficient (Wildman–Crippen LogP) is 3.79. The summed E-state index contributed by atoms with van der Waals surface area (Å²) in [6.45, 7) is 2.55. The van der Waals surface area contributed by atoms with Gasteiger partial charge in [-0.1, -0.05) is 6.07 Å². The van der Waals surface area contributed by atoms with Crippen LogP contribution in [0.25, 0.3) is 0 Å². The number of carbonyl (C=O) groups excluding carboxylic acids is 1. The molecule has 0 bridgehead atoms. The molecular formula is C17H22N2O3S. The molecule has 0 radical (unpaired) electrons. The molecule has 2 amide bonds. The van der Waals surface area contributed by atoms with Gasteiger partial charge in [0.1, 0.15) is 12.4 Å². The molecule has 1 aliphatic rings. The molecule has 0 saturated carbocycles. The number of hydrogen-bond acceptors (Lipinski definition) is 4. The molecule has 0 aromatic carbocycles. The van der Waals surface area contributed by atoms with Gasteiger partial charge in [-0.2, -0.15) is 0 Å². The summed E-state index contributed by atoms with van der Waals surface area (Å²) in [6, 6.07) is 8.17. The number of ether oxygens (including phenoxy) is 1. The van der Waals surface area contributed by atoms with E-state index in [1.165, 1.54) is 4.88 Å². The molecule has 0 aliphatic carbocycles. The average Bonchev–Trinajstić information content (AvgIpc) is 3.32. The van der Waals surface area contributed by atoms with Crippen LogP contribution in [0.4, 0.5) is 4.79 Å². The summed E-state index contributed by atoms with van der Waals surface area (Å²) in [5, 5.41) is 5.07. The Morgan fingerprint density at radius 2 is 2.39 bits per heavy atom. The number of urea groups is 1. The van der Waals surface area contributed by atoms with Crippen molar-refractivity contribution in [3.8, 4) is 0 Å². The number of likely N-dealkylation sites (tertiary alicyclic amines) is 1. The normalized spacial score (nSPS) is 17.6. The van der Waals surface area contributed by atoms with Crippen molar-refractivity contribution in [2.45, 2.75) is 31.9 Å². The zero-order valence-corrected chi connectivity index (χ0v) is 13.9. The molecule has 2 aromatic heterocycles. The quantitative estimate of drug-likeness (QED) is 0.784. The van der Waals surface area contributed by atoms with Gasteiger partial charge in [0.15, 0.2) is 0 Å². The van der Waals surface area contributed by atoms with Crippen molar-refractivity contribution >= 4 is 17.4 Å². The second-order valence-corrected chi connectivity index (χ2v) is 6.56. The summed E-state index contributed by atoms with van der Waals surface area (Å²) in [4.78, 5) is 15.6. The van der Waals surface area contributed by atoms with Crippen molar-refractivity contribution in [2.24, 2.45) is 0 Å². The van der Waals surface area contributed by atoms with Gasteiger partial charge in [0.05, 0.1) is 12.3 Å². The van der Waals surface area contributed by atoms with E-state index < -0.39 is 0 Å². The Bertz CT molecular complexity index is 583. The van der Waals surface area contributed by atoms with E-state index in [0.717, 1.165) is 31.6 Å². The maximum atomic E-state index is 12.3. The lowest BCUT2D eigenvalue weighted by molar-refractivity contribution is 0.104. The van der Waals surface area contributed by atoms with E-state index in [9.17, 15) is 4.79 Å². The molecule has 0 spiro atoms. The minimum absolute atomic E-state index is 0.0342. The number of nitrogens with one attached hydrogen (secondary N) is 1. The first kappa shape index (κ1) is 16.1. The maximum absolute atomic E-state index is 12.3. The molecule has 1 aliphatic heterocycles. The van der Waals surface area contributed by atoms with E-state index >= 15 is 0 Å². The van der Waals surface area contributed by atoms with Crippen molar-refractivity contribution in [3.63, 3.8) is 0 Å². The highest BCUT2D eigenvalue weighted by Gasteiger charge is 2.30. The van der Waals surface area contributed by atoms with Crippen LogP contribution in [-0.2, 0) is 11.3 Å². The second kappa shape index (κ2) is 8.17. The number of furan rings is 1. The molecule has 0 unspecified atom stereocenters. The highest BCUT2D eigenvalue weighted by atomic mass is 32.1.